The Labute approximate surface area is 154 Å². The maximum absolute atomic E-state index is 6.01. The second-order valence-corrected chi connectivity index (χ2v) is 7.29. The van der Waals surface area contributed by atoms with E-state index in [1.165, 1.54) is 37.7 Å². The Morgan fingerprint density at radius 2 is 2.27 bits per heavy atom. The highest BCUT2D eigenvalue weighted by atomic mass is 127. The standard InChI is InChI=1S/C16H26N4S.HI/c1-12(10-18-16(17)19-14-4-2-3-5-14)20-8-6-15-13(11-20)7-9-21-15;/h7,9,12,14H,2-6,8,10-11H2,1H3,(H3,17,18,19);1H. The number of hydrogen-bond donors (Lipinski definition) is 2. The van der Waals surface area contributed by atoms with Crippen molar-refractivity contribution in [3.05, 3.63) is 21.9 Å². The fourth-order valence-electron chi connectivity index (χ4n) is 3.32. The van der Waals surface area contributed by atoms with Crippen LogP contribution in [-0.4, -0.2) is 36.0 Å². The molecule has 3 N–H and O–H groups in total. The molecule has 0 amide bonds. The number of nitrogens with one attached hydrogen (secondary N) is 1. The fraction of sp³-hybridized carbons (Fsp3) is 0.688. The molecule has 1 aliphatic heterocycles. The Kier molecular flexibility index (Phi) is 6.95. The maximum atomic E-state index is 6.01. The first-order chi connectivity index (χ1) is 10.2. The van der Waals surface area contributed by atoms with Crippen LogP contribution in [0, 0.1) is 0 Å². The average molecular weight is 434 g/mol. The molecule has 4 nitrogen and oxygen atoms in total. The molecule has 1 saturated carbocycles. The van der Waals surface area contributed by atoms with Gasteiger partial charge in [-0.2, -0.15) is 0 Å². The minimum Gasteiger partial charge on any atom is -0.370 e. The molecule has 1 atom stereocenters. The topological polar surface area (TPSA) is 53.6 Å². The largest absolute Gasteiger partial charge is 0.370 e. The Balaban J connectivity index is 0.00000176. The molecule has 1 aromatic rings. The SMILES string of the molecule is CC(CN=C(N)NC1CCCC1)N1CCc2sccc2C1.I. The highest BCUT2D eigenvalue weighted by Gasteiger charge is 2.21. The van der Waals surface area contributed by atoms with Crippen LogP contribution >= 0.6 is 35.3 Å². The van der Waals surface area contributed by atoms with Gasteiger partial charge < -0.3 is 11.1 Å². The van der Waals surface area contributed by atoms with E-state index in [1.807, 2.05) is 11.3 Å². The molecule has 2 aliphatic rings. The van der Waals surface area contributed by atoms with Crippen LogP contribution in [0.5, 0.6) is 0 Å². The molecule has 0 radical (unpaired) electrons. The highest BCUT2D eigenvalue weighted by Crippen LogP contribution is 2.25. The summed E-state index contributed by atoms with van der Waals surface area (Å²) < 4.78 is 0. The molecule has 2 heterocycles. The number of guanidine groups is 1. The molecule has 0 saturated heterocycles. The normalized spacial score (nSPS) is 21.2. The lowest BCUT2D eigenvalue weighted by molar-refractivity contribution is 0.197. The first-order valence-electron chi connectivity index (χ1n) is 8.08. The van der Waals surface area contributed by atoms with E-state index in [0.29, 0.717) is 18.0 Å². The molecule has 0 spiro atoms. The van der Waals surface area contributed by atoms with E-state index in [9.17, 15) is 0 Å². The lowest BCUT2D eigenvalue weighted by atomic mass is 10.1. The van der Waals surface area contributed by atoms with Gasteiger partial charge in [0.15, 0.2) is 5.96 Å². The van der Waals surface area contributed by atoms with E-state index in [2.05, 4.69) is 33.6 Å². The van der Waals surface area contributed by atoms with Crippen LogP contribution in [0.25, 0.3) is 0 Å². The van der Waals surface area contributed by atoms with Crippen molar-refractivity contribution in [3.63, 3.8) is 0 Å². The third-order valence-corrected chi connectivity index (χ3v) is 5.72. The van der Waals surface area contributed by atoms with Gasteiger partial charge in [-0.1, -0.05) is 12.8 Å². The predicted molar refractivity (Wildman–Crippen MR) is 105 cm³/mol. The van der Waals surface area contributed by atoms with E-state index >= 15 is 0 Å². The lowest BCUT2D eigenvalue weighted by Gasteiger charge is -2.31. The van der Waals surface area contributed by atoms with E-state index in [1.54, 1.807) is 4.88 Å². The summed E-state index contributed by atoms with van der Waals surface area (Å²) in [6.45, 7) is 5.24. The van der Waals surface area contributed by atoms with Crippen LogP contribution in [0.1, 0.15) is 43.0 Å². The van der Waals surface area contributed by atoms with Crippen LogP contribution < -0.4 is 11.1 Å². The van der Waals surface area contributed by atoms with Crippen molar-refractivity contribution >= 4 is 41.3 Å². The van der Waals surface area contributed by atoms with E-state index in [4.69, 9.17) is 5.73 Å². The lowest BCUT2D eigenvalue weighted by Crippen LogP contribution is -2.41. The number of halogens is 1. The molecular formula is C16H27IN4S. The Morgan fingerprint density at radius 3 is 3.05 bits per heavy atom. The van der Waals surface area contributed by atoms with Crippen LogP contribution in [0.4, 0.5) is 0 Å². The molecule has 6 heteroatoms. The van der Waals surface area contributed by atoms with Crippen molar-refractivity contribution in [2.24, 2.45) is 10.7 Å². The van der Waals surface area contributed by atoms with Crippen LogP contribution in [0.3, 0.4) is 0 Å². The van der Waals surface area contributed by atoms with Gasteiger partial charge in [0.1, 0.15) is 0 Å². The minimum atomic E-state index is 0. The molecule has 3 rings (SSSR count). The zero-order chi connectivity index (χ0) is 14.7. The number of rotatable bonds is 4. The smallest absolute Gasteiger partial charge is 0.188 e. The molecule has 0 bridgehead atoms. The summed E-state index contributed by atoms with van der Waals surface area (Å²) in [5.74, 6) is 0.627. The van der Waals surface area contributed by atoms with Gasteiger partial charge in [-0.3, -0.25) is 9.89 Å². The third-order valence-electron chi connectivity index (χ3n) is 4.69. The van der Waals surface area contributed by atoms with Gasteiger partial charge in [0, 0.05) is 30.1 Å². The molecule has 1 aliphatic carbocycles. The van der Waals surface area contributed by atoms with Gasteiger partial charge in [0.25, 0.3) is 0 Å². The van der Waals surface area contributed by atoms with Crippen molar-refractivity contribution in [1.29, 1.82) is 0 Å². The first-order valence-corrected chi connectivity index (χ1v) is 8.96. The van der Waals surface area contributed by atoms with Crippen molar-refractivity contribution in [3.8, 4) is 0 Å². The fourth-order valence-corrected chi connectivity index (χ4v) is 4.21. The van der Waals surface area contributed by atoms with E-state index in [-0.39, 0.29) is 24.0 Å². The number of aliphatic imine (C=N–C) groups is 1. The van der Waals surface area contributed by atoms with E-state index in [0.717, 1.165) is 19.6 Å². The van der Waals surface area contributed by atoms with Gasteiger partial charge in [-0.25, -0.2) is 0 Å². The Bertz CT molecular complexity index is 496. The number of nitrogens with zero attached hydrogens (tertiary/aromatic N) is 2. The van der Waals surface area contributed by atoms with Crippen LogP contribution in [-0.2, 0) is 13.0 Å². The molecule has 1 fully saturated rings. The molecule has 22 heavy (non-hydrogen) atoms. The summed E-state index contributed by atoms with van der Waals surface area (Å²) in [5, 5.41) is 5.57. The second-order valence-electron chi connectivity index (χ2n) is 6.29. The highest BCUT2D eigenvalue weighted by molar-refractivity contribution is 14.0. The van der Waals surface area contributed by atoms with Crippen molar-refractivity contribution in [2.45, 2.75) is 57.7 Å². The van der Waals surface area contributed by atoms with Crippen molar-refractivity contribution in [1.82, 2.24) is 10.2 Å². The minimum absolute atomic E-state index is 0. The van der Waals surface area contributed by atoms with Gasteiger partial charge in [0.2, 0.25) is 0 Å². The molecule has 124 valence electrons. The molecule has 0 aromatic carbocycles. The second kappa shape index (κ2) is 8.49. The van der Waals surface area contributed by atoms with Crippen molar-refractivity contribution in [2.75, 3.05) is 13.1 Å². The summed E-state index contributed by atoms with van der Waals surface area (Å²) in [6, 6.07) is 3.26. The van der Waals surface area contributed by atoms with Gasteiger partial charge in [0.05, 0.1) is 6.54 Å². The van der Waals surface area contributed by atoms with Gasteiger partial charge in [-0.15, -0.1) is 35.3 Å². The molecular weight excluding hydrogens is 407 g/mol. The molecule has 1 unspecified atom stereocenters. The zero-order valence-electron chi connectivity index (χ0n) is 13.3. The summed E-state index contributed by atoms with van der Waals surface area (Å²) in [4.78, 5) is 8.63. The summed E-state index contributed by atoms with van der Waals surface area (Å²) in [5.41, 5.74) is 7.51. The number of thiophene rings is 1. The summed E-state index contributed by atoms with van der Waals surface area (Å²) in [6.07, 6.45) is 6.28. The first kappa shape index (κ1) is 18.0. The summed E-state index contributed by atoms with van der Waals surface area (Å²) >= 11 is 1.89. The number of hydrogen-bond acceptors (Lipinski definition) is 3. The third kappa shape index (κ3) is 4.58. The number of fused-ring (bicyclic) bond motifs is 1. The van der Waals surface area contributed by atoms with E-state index < -0.39 is 0 Å². The average Bonchev–Trinajstić information content (AvgIpc) is 3.14. The maximum Gasteiger partial charge on any atom is 0.188 e. The van der Waals surface area contributed by atoms with Gasteiger partial charge in [-0.05, 0) is 43.2 Å². The monoisotopic (exact) mass is 434 g/mol. The quantitative estimate of drug-likeness (QED) is 0.435. The zero-order valence-corrected chi connectivity index (χ0v) is 16.4. The Morgan fingerprint density at radius 1 is 1.50 bits per heavy atom. The Hall–Kier alpha value is -0.340. The van der Waals surface area contributed by atoms with Crippen LogP contribution in [0.15, 0.2) is 16.4 Å². The number of nitrogens with two attached hydrogens (primary N) is 1. The predicted octanol–water partition coefficient (Wildman–Crippen LogP) is 2.96. The van der Waals surface area contributed by atoms with Crippen molar-refractivity contribution < 1.29 is 0 Å². The van der Waals surface area contributed by atoms with Gasteiger partial charge >= 0.3 is 0 Å². The molecule has 1 aromatic heterocycles. The summed E-state index contributed by atoms with van der Waals surface area (Å²) in [7, 11) is 0. The van der Waals surface area contributed by atoms with Crippen LogP contribution in [0.2, 0.25) is 0 Å².